The quantitative estimate of drug-likeness (QED) is 0.795. The smallest absolute Gasteiger partial charge is 0.0938 e. The molecule has 100 valence electrons. The number of aromatic nitrogens is 2. The van der Waals surface area contributed by atoms with Crippen LogP contribution in [0.1, 0.15) is 22.4 Å². The lowest BCUT2D eigenvalue weighted by Gasteiger charge is -2.09. The molecular weight excluding hydrogens is 300 g/mol. The van der Waals surface area contributed by atoms with E-state index in [1.807, 2.05) is 14.0 Å². The van der Waals surface area contributed by atoms with Crippen molar-refractivity contribution in [3.63, 3.8) is 0 Å². The fourth-order valence-corrected chi connectivity index (χ4v) is 4.48. The summed E-state index contributed by atoms with van der Waals surface area (Å²) < 4.78 is 4.20. The van der Waals surface area contributed by atoms with E-state index in [1.54, 1.807) is 27.4 Å². The van der Waals surface area contributed by atoms with E-state index in [2.05, 4.69) is 22.6 Å². The highest BCUT2D eigenvalue weighted by Crippen LogP contribution is 2.35. The zero-order chi connectivity index (χ0) is 13.6. The molecule has 0 aliphatic heterocycles. The Morgan fingerprint density at radius 1 is 1.47 bits per heavy atom. The molecule has 3 nitrogen and oxygen atoms in total. The molecule has 0 aliphatic rings. The number of aliphatic hydroxyl groups excluding tert-OH is 1. The predicted molar refractivity (Wildman–Crippen MR) is 81.3 cm³/mol. The average molecular weight is 313 g/mol. The highest BCUT2D eigenvalue weighted by atomic mass is 35.5. The molecular formula is C13H13ClN2OS2. The van der Waals surface area contributed by atoms with Gasteiger partial charge in [0.1, 0.15) is 0 Å². The Morgan fingerprint density at radius 3 is 2.89 bits per heavy atom. The molecule has 1 N–H and O–H groups in total. The van der Waals surface area contributed by atoms with Crippen LogP contribution in [0.3, 0.4) is 0 Å². The SMILES string of the molecule is Cc1nn(C)c(CC(O)c2cc3sccc3s2)c1Cl. The van der Waals surface area contributed by atoms with Crippen LogP contribution in [0.25, 0.3) is 9.40 Å². The molecule has 1 unspecified atom stereocenters. The van der Waals surface area contributed by atoms with Gasteiger partial charge < -0.3 is 5.11 Å². The predicted octanol–water partition coefficient (Wildman–Crippen LogP) is 3.93. The Balaban J connectivity index is 1.88. The van der Waals surface area contributed by atoms with Gasteiger partial charge in [0.15, 0.2) is 0 Å². The molecule has 3 heterocycles. The van der Waals surface area contributed by atoms with E-state index in [0.717, 1.165) is 16.3 Å². The summed E-state index contributed by atoms with van der Waals surface area (Å²) >= 11 is 9.55. The number of fused-ring (bicyclic) bond motifs is 1. The molecule has 0 saturated heterocycles. The van der Waals surface area contributed by atoms with Gasteiger partial charge in [0, 0.05) is 27.7 Å². The average Bonchev–Trinajstić information content (AvgIpc) is 2.99. The monoisotopic (exact) mass is 312 g/mol. The number of halogens is 1. The Hall–Kier alpha value is -0.880. The maximum absolute atomic E-state index is 10.4. The minimum atomic E-state index is -0.531. The lowest BCUT2D eigenvalue weighted by molar-refractivity contribution is 0.179. The van der Waals surface area contributed by atoms with E-state index in [0.29, 0.717) is 11.4 Å². The second-order valence-electron chi connectivity index (χ2n) is 4.49. The van der Waals surface area contributed by atoms with Crippen LogP contribution < -0.4 is 0 Å². The number of rotatable bonds is 3. The highest BCUT2D eigenvalue weighted by molar-refractivity contribution is 7.26. The van der Waals surface area contributed by atoms with Gasteiger partial charge in [-0.05, 0) is 24.4 Å². The summed E-state index contributed by atoms with van der Waals surface area (Å²) in [5.74, 6) is 0. The summed E-state index contributed by atoms with van der Waals surface area (Å²) in [5, 5.41) is 17.4. The lowest BCUT2D eigenvalue weighted by atomic mass is 10.1. The van der Waals surface area contributed by atoms with Gasteiger partial charge >= 0.3 is 0 Å². The van der Waals surface area contributed by atoms with Gasteiger partial charge in [-0.1, -0.05) is 11.6 Å². The van der Waals surface area contributed by atoms with Crippen LogP contribution in [0.15, 0.2) is 17.5 Å². The van der Waals surface area contributed by atoms with Crippen LogP contribution >= 0.6 is 34.3 Å². The molecule has 1 atom stereocenters. The molecule has 6 heteroatoms. The molecule has 0 aliphatic carbocycles. The number of aliphatic hydroxyl groups is 1. The zero-order valence-corrected chi connectivity index (χ0v) is 12.9. The zero-order valence-electron chi connectivity index (χ0n) is 10.6. The third-order valence-electron chi connectivity index (χ3n) is 3.14. The maximum Gasteiger partial charge on any atom is 0.0938 e. The van der Waals surface area contributed by atoms with Crippen LogP contribution in [0.2, 0.25) is 5.02 Å². The van der Waals surface area contributed by atoms with E-state index in [9.17, 15) is 5.11 Å². The van der Waals surface area contributed by atoms with Crippen molar-refractivity contribution in [1.29, 1.82) is 0 Å². The Morgan fingerprint density at radius 2 is 2.26 bits per heavy atom. The summed E-state index contributed by atoms with van der Waals surface area (Å²) in [7, 11) is 1.86. The van der Waals surface area contributed by atoms with Crippen molar-refractivity contribution >= 4 is 43.7 Å². The minimum Gasteiger partial charge on any atom is -0.387 e. The molecule has 3 aromatic heterocycles. The van der Waals surface area contributed by atoms with E-state index in [4.69, 9.17) is 11.6 Å². The lowest BCUT2D eigenvalue weighted by Crippen LogP contribution is -2.05. The number of thiophene rings is 2. The van der Waals surface area contributed by atoms with Gasteiger partial charge in [-0.25, -0.2) is 0 Å². The third kappa shape index (κ3) is 2.31. The summed E-state index contributed by atoms with van der Waals surface area (Å²) in [4.78, 5) is 0.983. The van der Waals surface area contributed by atoms with Crippen LogP contribution in [0.4, 0.5) is 0 Å². The topological polar surface area (TPSA) is 38.0 Å². The van der Waals surface area contributed by atoms with E-state index >= 15 is 0 Å². The van der Waals surface area contributed by atoms with E-state index in [-0.39, 0.29) is 0 Å². The Bertz CT molecular complexity index is 700. The van der Waals surface area contributed by atoms with E-state index < -0.39 is 6.10 Å². The van der Waals surface area contributed by atoms with Crippen molar-refractivity contribution < 1.29 is 5.11 Å². The molecule has 3 aromatic rings. The second-order valence-corrected chi connectivity index (χ2v) is 6.93. The van der Waals surface area contributed by atoms with Gasteiger partial charge in [0.2, 0.25) is 0 Å². The van der Waals surface area contributed by atoms with Gasteiger partial charge in [-0.15, -0.1) is 22.7 Å². The number of hydrogen-bond acceptors (Lipinski definition) is 4. The normalized spacial score (nSPS) is 13.3. The molecule has 0 aromatic carbocycles. The summed E-state index contributed by atoms with van der Waals surface area (Å²) in [6, 6.07) is 4.15. The van der Waals surface area contributed by atoms with Crippen molar-refractivity contribution in [2.24, 2.45) is 7.05 Å². The van der Waals surface area contributed by atoms with Crippen LogP contribution in [0.5, 0.6) is 0 Å². The second kappa shape index (κ2) is 4.90. The minimum absolute atomic E-state index is 0.490. The Labute approximate surface area is 124 Å². The standard InChI is InChI=1S/C13H13ClN2OS2/c1-7-13(14)8(16(2)15-7)5-9(17)11-6-12-10(19-11)3-4-18-12/h3-4,6,9,17H,5H2,1-2H3. The van der Waals surface area contributed by atoms with Crippen molar-refractivity contribution in [2.75, 3.05) is 0 Å². The largest absolute Gasteiger partial charge is 0.387 e. The number of nitrogens with zero attached hydrogens (tertiary/aromatic N) is 2. The fourth-order valence-electron chi connectivity index (χ4n) is 2.13. The van der Waals surface area contributed by atoms with Gasteiger partial charge in [-0.3, -0.25) is 4.68 Å². The molecule has 0 spiro atoms. The van der Waals surface area contributed by atoms with Gasteiger partial charge in [-0.2, -0.15) is 5.10 Å². The van der Waals surface area contributed by atoms with Crippen LogP contribution in [0, 0.1) is 6.92 Å². The van der Waals surface area contributed by atoms with Gasteiger partial charge in [0.05, 0.1) is 22.5 Å². The number of aryl methyl sites for hydroxylation is 2. The van der Waals surface area contributed by atoms with Crippen LogP contribution in [-0.2, 0) is 13.5 Å². The fraction of sp³-hybridized carbons (Fsp3) is 0.308. The van der Waals surface area contributed by atoms with Crippen molar-refractivity contribution in [2.45, 2.75) is 19.4 Å². The maximum atomic E-state index is 10.4. The summed E-state index contributed by atoms with van der Waals surface area (Å²) in [6.07, 6.45) is -0.0406. The molecule has 0 amide bonds. The van der Waals surface area contributed by atoms with Crippen molar-refractivity contribution in [1.82, 2.24) is 9.78 Å². The highest BCUT2D eigenvalue weighted by Gasteiger charge is 2.18. The first-order chi connectivity index (χ1) is 9.06. The van der Waals surface area contributed by atoms with Crippen LogP contribution in [-0.4, -0.2) is 14.9 Å². The van der Waals surface area contributed by atoms with E-state index in [1.165, 1.54) is 9.40 Å². The van der Waals surface area contributed by atoms with Crippen molar-refractivity contribution in [3.05, 3.63) is 38.8 Å². The molecule has 0 bridgehead atoms. The number of hydrogen-bond donors (Lipinski definition) is 1. The summed E-state index contributed by atoms with van der Waals surface area (Å²) in [6.45, 7) is 1.87. The summed E-state index contributed by atoms with van der Waals surface area (Å²) in [5.41, 5.74) is 1.68. The first-order valence-electron chi connectivity index (χ1n) is 5.89. The van der Waals surface area contributed by atoms with Crippen molar-refractivity contribution in [3.8, 4) is 0 Å². The third-order valence-corrected chi connectivity index (χ3v) is 5.82. The molecule has 19 heavy (non-hydrogen) atoms. The Kier molecular flexibility index (Phi) is 3.39. The molecule has 3 rings (SSSR count). The molecule has 0 saturated carbocycles. The molecule has 0 radical (unpaired) electrons. The molecule has 0 fully saturated rings. The first-order valence-corrected chi connectivity index (χ1v) is 7.96. The first kappa shape index (κ1) is 13.1. The van der Waals surface area contributed by atoms with Gasteiger partial charge in [0.25, 0.3) is 0 Å².